The first-order valence-electron chi connectivity index (χ1n) is 10.3. The highest BCUT2D eigenvalue weighted by atomic mass is 35.5. The van der Waals surface area contributed by atoms with Crippen LogP contribution in [0.1, 0.15) is 43.0 Å². The highest BCUT2D eigenvalue weighted by Crippen LogP contribution is 2.30. The van der Waals surface area contributed by atoms with Gasteiger partial charge in [0.1, 0.15) is 5.75 Å². The number of nitrogens with one attached hydrogen (secondary N) is 2. The third-order valence-electron chi connectivity index (χ3n) is 4.82. The van der Waals surface area contributed by atoms with Gasteiger partial charge in [0.25, 0.3) is 0 Å². The molecule has 1 unspecified atom stereocenters. The van der Waals surface area contributed by atoms with Crippen LogP contribution < -0.4 is 15.4 Å². The van der Waals surface area contributed by atoms with Crippen LogP contribution in [0.3, 0.4) is 0 Å². The van der Waals surface area contributed by atoms with Crippen LogP contribution in [0, 0.1) is 5.92 Å². The fourth-order valence-corrected chi connectivity index (χ4v) is 3.21. The molecule has 0 saturated heterocycles. The lowest BCUT2D eigenvalue weighted by Gasteiger charge is -2.36. The van der Waals surface area contributed by atoms with E-state index in [4.69, 9.17) is 16.3 Å². The Hall–Kier alpha value is -2.59. The molecular formula is C22H28ClF3N2O5. The number of amides is 2. The maximum Gasteiger partial charge on any atom is 0.522 e. The standard InChI is InChI=1S/C11H17F3N2O3.C9H7ClO2.C2H4/c1-7(2-3-15-6-17)10(18)16-8-4-9(5-8)19-11(12,13)14;10-6-1-2-9-7(5-6)8(11)3-4-12-9;1-2/h6-9H,2-5H2,1H3,(H,15,17)(H,16,18);1-2,5H,3-4H2;1-2H2. The van der Waals surface area contributed by atoms with E-state index in [1.165, 1.54) is 0 Å². The molecule has 1 fully saturated rings. The van der Waals surface area contributed by atoms with Crippen molar-refractivity contribution in [3.05, 3.63) is 41.9 Å². The molecule has 2 N–H and O–H groups in total. The molecule has 1 saturated carbocycles. The lowest BCUT2D eigenvalue weighted by atomic mass is 9.88. The fourth-order valence-electron chi connectivity index (χ4n) is 3.04. The number of carbonyl (C=O) groups is 3. The zero-order valence-corrected chi connectivity index (χ0v) is 19.0. The molecule has 0 spiro atoms. The predicted octanol–water partition coefficient (Wildman–Crippen LogP) is 4.05. The van der Waals surface area contributed by atoms with Gasteiger partial charge in [0.15, 0.2) is 5.78 Å². The molecule has 0 aromatic heterocycles. The van der Waals surface area contributed by atoms with Crippen molar-refractivity contribution in [1.82, 2.24) is 10.6 Å². The fraction of sp³-hybridized carbons (Fsp3) is 0.500. The van der Waals surface area contributed by atoms with Gasteiger partial charge >= 0.3 is 6.36 Å². The van der Waals surface area contributed by atoms with E-state index in [2.05, 4.69) is 28.5 Å². The molecule has 1 heterocycles. The number of hydrogen-bond acceptors (Lipinski definition) is 5. The van der Waals surface area contributed by atoms with Crippen molar-refractivity contribution in [1.29, 1.82) is 0 Å². The maximum absolute atomic E-state index is 11.9. The lowest BCUT2D eigenvalue weighted by Crippen LogP contribution is -2.50. The Morgan fingerprint density at radius 1 is 1.36 bits per heavy atom. The first kappa shape index (κ1) is 28.4. The molecule has 7 nitrogen and oxygen atoms in total. The van der Waals surface area contributed by atoms with Gasteiger partial charge in [0.2, 0.25) is 12.3 Å². The van der Waals surface area contributed by atoms with E-state index in [0.717, 1.165) is 0 Å². The second-order valence-corrected chi connectivity index (χ2v) is 7.72. The predicted molar refractivity (Wildman–Crippen MR) is 117 cm³/mol. The minimum atomic E-state index is -4.62. The van der Waals surface area contributed by atoms with Gasteiger partial charge in [-0.15, -0.1) is 26.3 Å². The number of ether oxygens (including phenoxy) is 2. The molecule has 33 heavy (non-hydrogen) atoms. The third-order valence-corrected chi connectivity index (χ3v) is 5.06. The number of Topliss-reactive ketones (excluding diaryl/α,β-unsaturated/α-hetero) is 1. The number of benzene rings is 1. The molecule has 1 aliphatic carbocycles. The van der Waals surface area contributed by atoms with E-state index < -0.39 is 12.5 Å². The van der Waals surface area contributed by atoms with E-state index >= 15 is 0 Å². The van der Waals surface area contributed by atoms with Crippen molar-refractivity contribution in [2.75, 3.05) is 13.2 Å². The van der Waals surface area contributed by atoms with Crippen molar-refractivity contribution >= 4 is 29.7 Å². The molecule has 1 aromatic rings. The van der Waals surface area contributed by atoms with Gasteiger partial charge in [-0.2, -0.15) is 0 Å². The SMILES string of the molecule is C=C.CC(CCNC=O)C(=O)NC1CC(OC(F)(F)F)C1.O=C1CCOc2ccc(Cl)cc21. The Morgan fingerprint density at radius 3 is 2.64 bits per heavy atom. The molecule has 3 rings (SSSR count). The minimum absolute atomic E-state index is 0.110. The average molecular weight is 493 g/mol. The highest BCUT2D eigenvalue weighted by molar-refractivity contribution is 6.31. The monoisotopic (exact) mass is 492 g/mol. The molecule has 184 valence electrons. The van der Waals surface area contributed by atoms with Crippen LogP contribution >= 0.6 is 11.6 Å². The summed E-state index contributed by atoms with van der Waals surface area (Å²) < 4.78 is 44.7. The molecule has 0 bridgehead atoms. The number of hydrogen-bond donors (Lipinski definition) is 2. The lowest BCUT2D eigenvalue weighted by molar-refractivity contribution is -0.351. The van der Waals surface area contributed by atoms with Gasteiger partial charge in [-0.05, 0) is 37.5 Å². The average Bonchev–Trinajstić information content (AvgIpc) is 2.74. The van der Waals surface area contributed by atoms with Crippen LogP contribution in [-0.4, -0.2) is 49.8 Å². The van der Waals surface area contributed by atoms with E-state index in [0.29, 0.717) is 48.7 Å². The summed E-state index contributed by atoms with van der Waals surface area (Å²) in [4.78, 5) is 33.0. The molecule has 0 radical (unpaired) electrons. The second kappa shape index (κ2) is 13.8. The van der Waals surface area contributed by atoms with E-state index in [-0.39, 0.29) is 36.5 Å². The van der Waals surface area contributed by atoms with E-state index in [1.54, 1.807) is 25.1 Å². The first-order chi connectivity index (χ1) is 15.6. The van der Waals surface area contributed by atoms with Crippen LogP contribution in [0.15, 0.2) is 31.4 Å². The van der Waals surface area contributed by atoms with Gasteiger partial charge < -0.3 is 15.4 Å². The molecular weight excluding hydrogens is 465 g/mol. The van der Waals surface area contributed by atoms with Crippen LogP contribution in [0.4, 0.5) is 13.2 Å². The van der Waals surface area contributed by atoms with Crippen molar-refractivity contribution in [2.45, 2.75) is 51.1 Å². The second-order valence-electron chi connectivity index (χ2n) is 7.29. The summed E-state index contributed by atoms with van der Waals surface area (Å²) in [6, 6.07) is 4.84. The normalized spacial score (nSPS) is 19.6. The molecule has 1 atom stereocenters. The maximum atomic E-state index is 11.9. The summed E-state index contributed by atoms with van der Waals surface area (Å²) >= 11 is 5.73. The Kier molecular flexibility index (Phi) is 11.9. The van der Waals surface area contributed by atoms with E-state index in [1.807, 2.05) is 0 Å². The summed E-state index contributed by atoms with van der Waals surface area (Å²) in [5.74, 6) is 0.243. The summed E-state index contributed by atoms with van der Waals surface area (Å²) in [5, 5.41) is 5.68. The minimum Gasteiger partial charge on any atom is -0.492 e. The van der Waals surface area contributed by atoms with Gasteiger partial charge in [0, 0.05) is 29.9 Å². The summed E-state index contributed by atoms with van der Waals surface area (Å²) in [5.41, 5.74) is 0.605. The quantitative estimate of drug-likeness (QED) is 0.340. The zero-order chi connectivity index (χ0) is 25.0. The summed E-state index contributed by atoms with van der Waals surface area (Å²) in [6.07, 6.45) is -3.65. The molecule has 1 aliphatic heterocycles. The van der Waals surface area contributed by atoms with Crippen LogP contribution in [-0.2, 0) is 14.3 Å². The third kappa shape index (κ3) is 10.3. The van der Waals surface area contributed by atoms with Crippen LogP contribution in [0.25, 0.3) is 0 Å². The van der Waals surface area contributed by atoms with Crippen molar-refractivity contribution in [3.63, 3.8) is 0 Å². The number of carbonyl (C=O) groups excluding carboxylic acids is 3. The van der Waals surface area contributed by atoms with Crippen molar-refractivity contribution in [3.8, 4) is 5.75 Å². The largest absolute Gasteiger partial charge is 0.522 e. The number of fused-ring (bicyclic) bond motifs is 1. The Bertz CT molecular complexity index is 801. The van der Waals surface area contributed by atoms with Gasteiger partial charge in [0.05, 0.1) is 18.3 Å². The van der Waals surface area contributed by atoms with Crippen molar-refractivity contribution < 1.29 is 37.0 Å². The summed E-state index contributed by atoms with van der Waals surface area (Å²) in [7, 11) is 0. The smallest absolute Gasteiger partial charge is 0.492 e. The van der Waals surface area contributed by atoms with Gasteiger partial charge in [-0.25, -0.2) is 0 Å². The van der Waals surface area contributed by atoms with E-state index in [9.17, 15) is 27.6 Å². The number of rotatable bonds is 7. The van der Waals surface area contributed by atoms with Crippen molar-refractivity contribution in [2.24, 2.45) is 5.92 Å². The molecule has 1 aromatic carbocycles. The molecule has 2 aliphatic rings. The number of ketones is 1. The first-order valence-corrected chi connectivity index (χ1v) is 10.6. The van der Waals surface area contributed by atoms with Crippen LogP contribution in [0.5, 0.6) is 5.75 Å². The number of alkyl halides is 3. The zero-order valence-electron chi connectivity index (χ0n) is 18.3. The Balaban J connectivity index is 0.000000331. The number of halogens is 4. The molecule has 2 amide bonds. The highest BCUT2D eigenvalue weighted by Gasteiger charge is 2.40. The summed E-state index contributed by atoms with van der Waals surface area (Å²) in [6.45, 7) is 8.57. The topological polar surface area (TPSA) is 93.7 Å². The van der Waals surface area contributed by atoms with Gasteiger partial charge in [-0.3, -0.25) is 19.1 Å². The van der Waals surface area contributed by atoms with Gasteiger partial charge in [-0.1, -0.05) is 18.5 Å². The molecule has 11 heteroatoms. The van der Waals surface area contributed by atoms with Crippen LogP contribution in [0.2, 0.25) is 5.02 Å². The Labute approximate surface area is 195 Å². The Morgan fingerprint density at radius 2 is 2.03 bits per heavy atom.